The molecule has 1 heterocycles. The van der Waals surface area contributed by atoms with E-state index in [1.807, 2.05) is 25.2 Å². The highest BCUT2D eigenvalue weighted by molar-refractivity contribution is 5.74. The third-order valence-electron chi connectivity index (χ3n) is 2.47. The highest BCUT2D eigenvalue weighted by atomic mass is 16.1. The third-order valence-corrected chi connectivity index (χ3v) is 2.47. The van der Waals surface area contributed by atoms with E-state index in [1.54, 1.807) is 0 Å². The van der Waals surface area contributed by atoms with Crippen molar-refractivity contribution < 1.29 is 4.79 Å². The predicted molar refractivity (Wildman–Crippen MR) is 59.0 cm³/mol. The van der Waals surface area contributed by atoms with Crippen molar-refractivity contribution in [2.45, 2.75) is 13.3 Å². The van der Waals surface area contributed by atoms with Gasteiger partial charge >= 0.3 is 0 Å². The van der Waals surface area contributed by atoms with Gasteiger partial charge < -0.3 is 4.98 Å². The number of hydrogen-bond donors (Lipinski definition) is 1. The van der Waals surface area contributed by atoms with Crippen molar-refractivity contribution in [3.05, 3.63) is 44.2 Å². The van der Waals surface area contributed by atoms with Crippen LogP contribution in [0.4, 0.5) is 0 Å². The molecule has 1 aliphatic carbocycles. The molecule has 0 bridgehead atoms. The summed E-state index contributed by atoms with van der Waals surface area (Å²) < 4.78 is 0. The van der Waals surface area contributed by atoms with E-state index in [0.29, 0.717) is 11.5 Å². The first-order valence-electron chi connectivity index (χ1n) is 4.77. The van der Waals surface area contributed by atoms with Crippen LogP contribution in [-0.4, -0.2) is 11.3 Å². The van der Waals surface area contributed by atoms with E-state index in [2.05, 4.69) is 4.98 Å². The number of allylic oxidation sites excluding steroid dienone is 2. The fourth-order valence-electron chi connectivity index (χ4n) is 1.56. The number of H-pyrrole nitrogens is 1. The highest BCUT2D eigenvalue weighted by Crippen LogP contribution is 2.01. The Morgan fingerprint density at radius 3 is 2.93 bits per heavy atom. The summed E-state index contributed by atoms with van der Waals surface area (Å²) in [5.41, 5.74) is 1.17. The van der Waals surface area contributed by atoms with Gasteiger partial charge in [-0.25, -0.2) is 0 Å². The minimum Gasteiger partial charge on any atom is -0.360 e. The quantitative estimate of drug-likeness (QED) is 0.655. The number of aromatic amines is 1. The lowest BCUT2D eigenvalue weighted by atomic mass is 10.2. The van der Waals surface area contributed by atoms with Crippen LogP contribution < -0.4 is 16.0 Å². The molecule has 0 spiro atoms. The molecule has 3 heteroatoms. The number of carbonyl (C=O) groups excluding carboxylic acids is 1. The number of nitrogens with one attached hydrogen (secondary N) is 1. The SMILES string of the molecule is CC1=CC=c2[nH]cc(C=O)c(=O)c2=CC1. The Labute approximate surface area is 86.5 Å². The van der Waals surface area contributed by atoms with Crippen molar-refractivity contribution in [1.82, 2.24) is 4.98 Å². The molecule has 0 atom stereocenters. The largest absolute Gasteiger partial charge is 0.360 e. The maximum absolute atomic E-state index is 11.8. The van der Waals surface area contributed by atoms with Crippen molar-refractivity contribution in [3.8, 4) is 0 Å². The Hall–Kier alpha value is -1.90. The van der Waals surface area contributed by atoms with Crippen LogP contribution in [0.3, 0.4) is 0 Å². The van der Waals surface area contributed by atoms with E-state index < -0.39 is 0 Å². The first kappa shape index (κ1) is 9.65. The zero-order valence-electron chi connectivity index (χ0n) is 8.41. The monoisotopic (exact) mass is 201 g/mol. The normalized spacial score (nSPS) is 14.1. The van der Waals surface area contributed by atoms with Gasteiger partial charge in [0.05, 0.1) is 5.56 Å². The van der Waals surface area contributed by atoms with Gasteiger partial charge in [-0.1, -0.05) is 17.7 Å². The summed E-state index contributed by atoms with van der Waals surface area (Å²) in [6.07, 6.45) is 8.47. The summed E-state index contributed by atoms with van der Waals surface area (Å²) in [7, 11) is 0. The molecule has 0 saturated heterocycles. The lowest BCUT2D eigenvalue weighted by Gasteiger charge is -1.92. The molecule has 15 heavy (non-hydrogen) atoms. The summed E-state index contributed by atoms with van der Waals surface area (Å²) in [5.74, 6) is 0. The second kappa shape index (κ2) is 3.69. The first-order chi connectivity index (χ1) is 7.22. The van der Waals surface area contributed by atoms with Crippen LogP contribution in [0.25, 0.3) is 12.2 Å². The zero-order valence-corrected chi connectivity index (χ0v) is 8.41. The van der Waals surface area contributed by atoms with E-state index in [9.17, 15) is 9.59 Å². The van der Waals surface area contributed by atoms with E-state index in [-0.39, 0.29) is 11.0 Å². The molecule has 76 valence electrons. The molecule has 0 amide bonds. The molecule has 1 N–H and O–H groups in total. The Morgan fingerprint density at radius 1 is 1.40 bits per heavy atom. The van der Waals surface area contributed by atoms with Crippen LogP contribution in [0.2, 0.25) is 0 Å². The molecule has 1 aliphatic rings. The van der Waals surface area contributed by atoms with Crippen molar-refractivity contribution in [2.24, 2.45) is 0 Å². The van der Waals surface area contributed by atoms with E-state index >= 15 is 0 Å². The Morgan fingerprint density at radius 2 is 2.20 bits per heavy atom. The number of hydrogen-bond acceptors (Lipinski definition) is 2. The number of carbonyl (C=O) groups is 1. The summed E-state index contributed by atoms with van der Waals surface area (Å²) in [6, 6.07) is 0. The molecule has 3 nitrogen and oxygen atoms in total. The molecule has 2 rings (SSSR count). The van der Waals surface area contributed by atoms with E-state index in [1.165, 1.54) is 11.8 Å². The molecular formula is C12H11NO2. The van der Waals surface area contributed by atoms with Crippen LogP contribution in [0.5, 0.6) is 0 Å². The number of rotatable bonds is 1. The molecule has 1 aromatic heterocycles. The smallest absolute Gasteiger partial charge is 0.199 e. The highest BCUT2D eigenvalue weighted by Gasteiger charge is 2.01. The van der Waals surface area contributed by atoms with Crippen molar-refractivity contribution in [1.29, 1.82) is 0 Å². The molecular weight excluding hydrogens is 190 g/mol. The zero-order chi connectivity index (χ0) is 10.8. The van der Waals surface area contributed by atoms with Gasteiger partial charge in [-0.2, -0.15) is 0 Å². The summed E-state index contributed by atoms with van der Waals surface area (Å²) >= 11 is 0. The molecule has 0 aliphatic heterocycles. The third kappa shape index (κ3) is 1.68. The lowest BCUT2D eigenvalue weighted by Crippen LogP contribution is -2.42. The second-order valence-electron chi connectivity index (χ2n) is 3.61. The van der Waals surface area contributed by atoms with E-state index in [0.717, 1.165) is 11.8 Å². The van der Waals surface area contributed by atoms with Gasteiger partial charge in [-0.05, 0) is 19.4 Å². The van der Waals surface area contributed by atoms with Crippen LogP contribution in [0.1, 0.15) is 23.7 Å². The molecule has 0 aromatic carbocycles. The number of aromatic nitrogens is 1. The molecule has 0 unspecified atom stereocenters. The number of pyridine rings is 1. The summed E-state index contributed by atoms with van der Waals surface area (Å²) in [5, 5.41) is 1.36. The predicted octanol–water partition coefficient (Wildman–Crippen LogP) is 0.0984. The van der Waals surface area contributed by atoms with Gasteiger partial charge in [-0.15, -0.1) is 0 Å². The first-order valence-corrected chi connectivity index (χ1v) is 4.77. The average molecular weight is 201 g/mol. The van der Waals surface area contributed by atoms with Gasteiger partial charge in [0.15, 0.2) is 11.7 Å². The second-order valence-corrected chi connectivity index (χ2v) is 3.61. The van der Waals surface area contributed by atoms with Gasteiger partial charge in [0.1, 0.15) is 0 Å². The maximum atomic E-state index is 11.8. The Bertz CT molecular complexity index is 605. The Kier molecular flexibility index (Phi) is 2.37. The van der Waals surface area contributed by atoms with Crippen LogP contribution >= 0.6 is 0 Å². The summed E-state index contributed by atoms with van der Waals surface area (Å²) in [6.45, 7) is 2.00. The molecule has 0 fully saturated rings. The lowest BCUT2D eigenvalue weighted by molar-refractivity contribution is 0.112. The van der Waals surface area contributed by atoms with Gasteiger partial charge in [-0.3, -0.25) is 9.59 Å². The average Bonchev–Trinajstić information content (AvgIpc) is 2.42. The number of aldehydes is 1. The number of fused-ring (bicyclic) bond motifs is 1. The minimum atomic E-state index is -0.196. The fourth-order valence-corrected chi connectivity index (χ4v) is 1.56. The van der Waals surface area contributed by atoms with Crippen LogP contribution in [-0.2, 0) is 0 Å². The summed E-state index contributed by atoms with van der Waals surface area (Å²) in [4.78, 5) is 25.3. The van der Waals surface area contributed by atoms with Gasteiger partial charge in [0.25, 0.3) is 0 Å². The van der Waals surface area contributed by atoms with E-state index in [4.69, 9.17) is 0 Å². The van der Waals surface area contributed by atoms with Crippen molar-refractivity contribution in [3.63, 3.8) is 0 Å². The Balaban J connectivity index is 2.85. The fraction of sp³-hybridized carbons (Fsp3) is 0.167. The molecule has 1 aromatic rings. The maximum Gasteiger partial charge on any atom is 0.199 e. The minimum absolute atomic E-state index is 0.179. The van der Waals surface area contributed by atoms with Gasteiger partial charge in [0, 0.05) is 16.8 Å². The topological polar surface area (TPSA) is 49.9 Å². The van der Waals surface area contributed by atoms with Crippen LogP contribution in [0.15, 0.2) is 22.6 Å². The van der Waals surface area contributed by atoms with Crippen molar-refractivity contribution >= 4 is 18.4 Å². The van der Waals surface area contributed by atoms with Crippen LogP contribution in [0, 0.1) is 0 Å². The molecule has 0 saturated carbocycles. The van der Waals surface area contributed by atoms with Gasteiger partial charge in [0.2, 0.25) is 0 Å². The standard InChI is InChI=1S/C12H11NO2/c1-8-2-4-10-11(5-3-8)13-6-9(7-14)12(10)15/h3-7,13H,2H2,1H3. The van der Waals surface area contributed by atoms with Crippen molar-refractivity contribution in [2.75, 3.05) is 0 Å². The molecule has 0 radical (unpaired) electrons.